The number of nitrogens with zero attached hydrogens (tertiary/aromatic N) is 4. The van der Waals surface area contributed by atoms with Gasteiger partial charge >= 0.3 is 0 Å². The number of hydrogen-bond acceptors (Lipinski definition) is 7. The Morgan fingerprint density at radius 3 is 2.50 bits per heavy atom. The Morgan fingerprint density at radius 2 is 1.87 bits per heavy atom. The summed E-state index contributed by atoms with van der Waals surface area (Å²) >= 11 is 0. The molecular formula is C22H26N6O2. The largest absolute Gasteiger partial charge is 0.497 e. The van der Waals surface area contributed by atoms with Gasteiger partial charge in [0.05, 0.1) is 12.8 Å². The summed E-state index contributed by atoms with van der Waals surface area (Å²) in [6.07, 6.45) is 5.66. The van der Waals surface area contributed by atoms with Crippen molar-refractivity contribution in [1.29, 1.82) is 0 Å². The molecule has 1 fully saturated rings. The molecule has 0 unspecified atom stereocenters. The number of anilines is 1. The van der Waals surface area contributed by atoms with E-state index in [9.17, 15) is 4.79 Å². The lowest BCUT2D eigenvalue weighted by molar-refractivity contribution is 0.203. The van der Waals surface area contributed by atoms with Crippen molar-refractivity contribution in [3.8, 4) is 17.1 Å². The van der Waals surface area contributed by atoms with E-state index < -0.39 is 0 Å². The van der Waals surface area contributed by atoms with Crippen LogP contribution in [0.25, 0.3) is 11.4 Å². The van der Waals surface area contributed by atoms with Crippen LogP contribution in [-0.2, 0) is 6.54 Å². The van der Waals surface area contributed by atoms with E-state index >= 15 is 0 Å². The van der Waals surface area contributed by atoms with Crippen molar-refractivity contribution in [2.24, 2.45) is 0 Å². The summed E-state index contributed by atoms with van der Waals surface area (Å²) in [5, 5.41) is 2.93. The zero-order chi connectivity index (χ0) is 20.9. The summed E-state index contributed by atoms with van der Waals surface area (Å²) in [5.41, 5.74) is 2.72. The van der Waals surface area contributed by atoms with E-state index in [1.807, 2.05) is 43.7 Å². The number of ether oxygens (including phenoxy) is 1. The van der Waals surface area contributed by atoms with E-state index in [4.69, 9.17) is 9.72 Å². The van der Waals surface area contributed by atoms with Gasteiger partial charge in [0.15, 0.2) is 0 Å². The minimum atomic E-state index is -0.116. The SMILES string of the molecule is CNc1ncc(CN2CCC(c3cc(=O)[nH]c(-c4ccc(OC)cc4)n3)CC2)cn1. The van der Waals surface area contributed by atoms with Crippen molar-refractivity contribution in [1.82, 2.24) is 24.8 Å². The highest BCUT2D eigenvalue weighted by Gasteiger charge is 2.23. The molecule has 3 heterocycles. The number of benzene rings is 1. The van der Waals surface area contributed by atoms with Gasteiger partial charge in [0.25, 0.3) is 5.56 Å². The summed E-state index contributed by atoms with van der Waals surface area (Å²) < 4.78 is 5.20. The average Bonchev–Trinajstić information content (AvgIpc) is 2.80. The van der Waals surface area contributed by atoms with Crippen LogP contribution in [0.1, 0.15) is 30.0 Å². The van der Waals surface area contributed by atoms with Crippen molar-refractivity contribution in [2.45, 2.75) is 25.3 Å². The number of nitrogens with one attached hydrogen (secondary N) is 2. The highest BCUT2D eigenvalue weighted by atomic mass is 16.5. The maximum atomic E-state index is 12.3. The van der Waals surface area contributed by atoms with E-state index in [0.29, 0.717) is 11.8 Å². The number of likely N-dealkylation sites (tertiary alicyclic amines) is 1. The van der Waals surface area contributed by atoms with Crippen molar-refractivity contribution in [3.63, 3.8) is 0 Å². The van der Waals surface area contributed by atoms with Crippen LogP contribution in [0.15, 0.2) is 47.5 Å². The fourth-order valence-electron chi connectivity index (χ4n) is 3.78. The molecule has 0 amide bonds. The van der Waals surface area contributed by atoms with Gasteiger partial charge in [-0.25, -0.2) is 15.0 Å². The van der Waals surface area contributed by atoms with Crippen LogP contribution < -0.4 is 15.6 Å². The Labute approximate surface area is 175 Å². The summed E-state index contributed by atoms with van der Waals surface area (Å²) in [6.45, 7) is 2.73. The van der Waals surface area contributed by atoms with E-state index in [-0.39, 0.29) is 11.5 Å². The molecule has 0 saturated carbocycles. The number of aromatic amines is 1. The molecule has 30 heavy (non-hydrogen) atoms. The first kappa shape index (κ1) is 20.0. The number of methoxy groups -OCH3 is 1. The van der Waals surface area contributed by atoms with Crippen LogP contribution in [-0.4, -0.2) is 52.1 Å². The highest BCUT2D eigenvalue weighted by molar-refractivity contribution is 5.56. The summed E-state index contributed by atoms with van der Waals surface area (Å²) in [5.74, 6) is 2.29. The van der Waals surface area contributed by atoms with Gasteiger partial charge in [0.1, 0.15) is 11.6 Å². The van der Waals surface area contributed by atoms with Crippen LogP contribution in [0.3, 0.4) is 0 Å². The summed E-state index contributed by atoms with van der Waals surface area (Å²) in [7, 11) is 3.44. The Balaban J connectivity index is 1.42. The minimum Gasteiger partial charge on any atom is -0.497 e. The van der Waals surface area contributed by atoms with Crippen LogP contribution >= 0.6 is 0 Å². The lowest BCUT2D eigenvalue weighted by Gasteiger charge is -2.31. The second-order valence-electron chi connectivity index (χ2n) is 7.46. The number of piperidine rings is 1. The van der Waals surface area contributed by atoms with Gasteiger partial charge in [-0.2, -0.15) is 0 Å². The molecule has 1 aliphatic heterocycles. The Hall–Kier alpha value is -3.26. The smallest absolute Gasteiger partial charge is 0.251 e. The molecular weight excluding hydrogens is 380 g/mol. The average molecular weight is 406 g/mol. The molecule has 0 atom stereocenters. The Morgan fingerprint density at radius 1 is 1.17 bits per heavy atom. The van der Waals surface area contributed by atoms with Crippen LogP contribution in [0.4, 0.5) is 5.95 Å². The lowest BCUT2D eigenvalue weighted by Crippen LogP contribution is -2.33. The molecule has 0 aliphatic carbocycles. The van der Waals surface area contributed by atoms with Crippen LogP contribution in [0, 0.1) is 0 Å². The second kappa shape index (κ2) is 9.04. The fourth-order valence-corrected chi connectivity index (χ4v) is 3.78. The molecule has 1 aliphatic rings. The van der Waals surface area contributed by atoms with Gasteiger partial charge in [-0.15, -0.1) is 0 Å². The molecule has 4 rings (SSSR count). The molecule has 8 heteroatoms. The third-order valence-electron chi connectivity index (χ3n) is 5.47. The first-order valence-electron chi connectivity index (χ1n) is 10.1. The third-order valence-corrected chi connectivity index (χ3v) is 5.47. The van der Waals surface area contributed by atoms with E-state index in [2.05, 4.69) is 25.2 Å². The molecule has 2 N–H and O–H groups in total. The monoisotopic (exact) mass is 406 g/mol. The van der Waals surface area contributed by atoms with Gasteiger partial charge in [0, 0.05) is 49.1 Å². The van der Waals surface area contributed by atoms with E-state index in [1.165, 1.54) is 0 Å². The first-order valence-corrected chi connectivity index (χ1v) is 10.1. The maximum absolute atomic E-state index is 12.3. The number of rotatable bonds is 6. The van der Waals surface area contributed by atoms with E-state index in [0.717, 1.165) is 55.0 Å². The van der Waals surface area contributed by atoms with E-state index in [1.54, 1.807) is 13.2 Å². The van der Waals surface area contributed by atoms with Gasteiger partial charge in [-0.1, -0.05) is 0 Å². The molecule has 1 aromatic carbocycles. The molecule has 0 radical (unpaired) electrons. The lowest BCUT2D eigenvalue weighted by atomic mass is 9.93. The Bertz CT molecular complexity index is 1020. The van der Waals surface area contributed by atoms with Crippen molar-refractivity contribution >= 4 is 5.95 Å². The molecule has 0 bridgehead atoms. The third kappa shape index (κ3) is 4.65. The summed E-state index contributed by atoms with van der Waals surface area (Å²) in [4.78, 5) is 30.8. The fraction of sp³-hybridized carbons (Fsp3) is 0.364. The zero-order valence-electron chi connectivity index (χ0n) is 17.3. The topological polar surface area (TPSA) is 96.0 Å². The predicted molar refractivity (Wildman–Crippen MR) is 116 cm³/mol. The standard InChI is InChI=1S/C22H26N6O2/c1-23-22-24-12-15(13-25-22)14-28-9-7-16(8-10-28)19-11-20(29)27-21(26-19)17-3-5-18(30-2)6-4-17/h3-6,11-13,16H,7-10,14H2,1-2H3,(H,23,24,25)(H,26,27,29). The van der Waals surface area contributed by atoms with Gasteiger partial charge in [-0.3, -0.25) is 9.69 Å². The quantitative estimate of drug-likeness (QED) is 0.650. The van der Waals surface area contributed by atoms with Gasteiger partial charge < -0.3 is 15.0 Å². The molecule has 3 aromatic rings. The van der Waals surface area contributed by atoms with Crippen LogP contribution in [0.2, 0.25) is 0 Å². The number of aromatic nitrogens is 4. The molecule has 2 aromatic heterocycles. The normalized spacial score (nSPS) is 15.1. The van der Waals surface area contributed by atoms with Gasteiger partial charge in [-0.05, 0) is 50.2 Å². The predicted octanol–water partition coefficient (Wildman–Crippen LogP) is 2.66. The molecule has 156 valence electrons. The number of hydrogen-bond donors (Lipinski definition) is 2. The van der Waals surface area contributed by atoms with Crippen molar-refractivity contribution < 1.29 is 4.74 Å². The van der Waals surface area contributed by atoms with Crippen LogP contribution in [0.5, 0.6) is 5.75 Å². The zero-order valence-corrected chi connectivity index (χ0v) is 17.3. The highest BCUT2D eigenvalue weighted by Crippen LogP contribution is 2.28. The molecule has 8 nitrogen and oxygen atoms in total. The van der Waals surface area contributed by atoms with Crippen molar-refractivity contribution in [3.05, 3.63) is 64.3 Å². The Kier molecular flexibility index (Phi) is 6.04. The van der Waals surface area contributed by atoms with Gasteiger partial charge in [0.2, 0.25) is 5.95 Å². The maximum Gasteiger partial charge on any atom is 0.251 e. The number of H-pyrrole nitrogens is 1. The first-order chi connectivity index (χ1) is 14.6. The summed E-state index contributed by atoms with van der Waals surface area (Å²) in [6, 6.07) is 9.19. The minimum absolute atomic E-state index is 0.116. The molecule has 1 saturated heterocycles. The van der Waals surface area contributed by atoms with Crippen molar-refractivity contribution in [2.75, 3.05) is 32.6 Å². The molecule has 0 spiro atoms. The second-order valence-corrected chi connectivity index (χ2v) is 7.46.